The molecule has 0 amide bonds. The molecule has 0 unspecified atom stereocenters. The van der Waals surface area contributed by atoms with Crippen LogP contribution in [0.3, 0.4) is 0 Å². The Bertz CT molecular complexity index is 159. The Morgan fingerprint density at radius 3 is 2.15 bits per heavy atom. The molecule has 2 heteroatoms. The van der Waals surface area contributed by atoms with Crippen LogP contribution in [-0.2, 0) is 4.74 Å². The Hall–Kier alpha value is 0.0500. The van der Waals surface area contributed by atoms with Crippen molar-refractivity contribution in [1.29, 1.82) is 0 Å². The molecule has 1 heterocycles. The van der Waals surface area contributed by atoms with Gasteiger partial charge in [-0.3, -0.25) is 0 Å². The number of thioether (sulfide) groups is 1. The molecule has 0 atom stereocenters. The summed E-state index contributed by atoms with van der Waals surface area (Å²) in [6, 6.07) is 0. The van der Waals surface area contributed by atoms with Crippen LogP contribution in [-0.4, -0.2) is 19.5 Å². The molecule has 0 radical (unpaired) electrons. The molecule has 78 valence electrons. The maximum atomic E-state index is 5.16. The molecule has 1 fully saturated rings. The predicted molar refractivity (Wildman–Crippen MR) is 62.2 cm³/mol. The van der Waals surface area contributed by atoms with Crippen molar-refractivity contribution < 1.29 is 4.74 Å². The maximum Gasteiger partial charge on any atom is 0.0562 e. The van der Waals surface area contributed by atoms with E-state index >= 15 is 0 Å². The molecule has 1 saturated heterocycles. The van der Waals surface area contributed by atoms with Crippen LogP contribution in [0.1, 0.15) is 34.1 Å². The van der Waals surface area contributed by atoms with Gasteiger partial charge in [0.25, 0.3) is 0 Å². The van der Waals surface area contributed by atoms with Gasteiger partial charge in [-0.1, -0.05) is 26.3 Å². The lowest BCUT2D eigenvalue weighted by Crippen LogP contribution is -2.28. The van der Waals surface area contributed by atoms with E-state index in [9.17, 15) is 0 Å². The Balaban J connectivity index is 0.000000671. The van der Waals surface area contributed by atoms with Gasteiger partial charge in [0, 0.05) is 5.92 Å². The fraction of sp³-hybridized carbons (Fsp3) is 0.818. The summed E-state index contributed by atoms with van der Waals surface area (Å²) in [5.41, 5.74) is 1.53. The van der Waals surface area contributed by atoms with E-state index < -0.39 is 0 Å². The molecule has 1 aliphatic heterocycles. The lowest BCUT2D eigenvalue weighted by atomic mass is 10.0. The van der Waals surface area contributed by atoms with E-state index in [0.29, 0.717) is 5.92 Å². The third-order valence-electron chi connectivity index (χ3n) is 2.18. The van der Waals surface area contributed by atoms with E-state index in [2.05, 4.69) is 20.1 Å². The van der Waals surface area contributed by atoms with Gasteiger partial charge in [0.05, 0.1) is 13.2 Å². The predicted octanol–water partition coefficient (Wildman–Crippen LogP) is 3.71. The Labute approximate surface area is 86.9 Å². The second-order valence-corrected chi connectivity index (χ2v) is 3.78. The zero-order valence-corrected chi connectivity index (χ0v) is 10.3. The lowest BCUT2D eigenvalue weighted by Gasteiger charge is -2.29. The fourth-order valence-corrected chi connectivity index (χ4v) is 2.21. The summed E-state index contributed by atoms with van der Waals surface area (Å²) in [4.78, 5) is 1.55. The number of hydrogen-bond acceptors (Lipinski definition) is 2. The minimum absolute atomic E-state index is 0.713. The third kappa shape index (κ3) is 3.74. The van der Waals surface area contributed by atoms with Gasteiger partial charge in [0.1, 0.15) is 0 Å². The van der Waals surface area contributed by atoms with Crippen molar-refractivity contribution >= 4 is 11.8 Å². The molecule has 0 aromatic carbocycles. The van der Waals surface area contributed by atoms with Crippen LogP contribution in [0.5, 0.6) is 0 Å². The van der Waals surface area contributed by atoms with Gasteiger partial charge in [-0.2, -0.15) is 0 Å². The molecular formula is C11H22OS. The Morgan fingerprint density at radius 2 is 1.92 bits per heavy atom. The van der Waals surface area contributed by atoms with Crippen LogP contribution in [0, 0.1) is 5.92 Å². The summed E-state index contributed by atoms with van der Waals surface area (Å²) in [5.74, 6) is 0.713. The first-order valence-corrected chi connectivity index (χ1v) is 6.33. The topological polar surface area (TPSA) is 9.23 Å². The molecular weight excluding hydrogens is 180 g/mol. The van der Waals surface area contributed by atoms with Crippen molar-refractivity contribution in [3.8, 4) is 0 Å². The van der Waals surface area contributed by atoms with Crippen molar-refractivity contribution in [2.24, 2.45) is 5.92 Å². The quantitative estimate of drug-likeness (QED) is 0.690. The molecule has 0 bridgehead atoms. The monoisotopic (exact) mass is 202 g/mol. The van der Waals surface area contributed by atoms with E-state index in [1.54, 1.807) is 4.91 Å². The van der Waals surface area contributed by atoms with Crippen LogP contribution in [0.4, 0.5) is 0 Å². The van der Waals surface area contributed by atoms with Crippen molar-refractivity contribution in [2.45, 2.75) is 34.1 Å². The summed E-state index contributed by atoms with van der Waals surface area (Å²) < 4.78 is 5.16. The highest BCUT2D eigenvalue weighted by Gasteiger charge is 2.23. The molecule has 1 rings (SSSR count). The van der Waals surface area contributed by atoms with Gasteiger partial charge in [0.15, 0.2) is 0 Å². The van der Waals surface area contributed by atoms with Crippen molar-refractivity contribution in [1.82, 2.24) is 0 Å². The van der Waals surface area contributed by atoms with Crippen LogP contribution in [0.15, 0.2) is 10.5 Å². The SMILES string of the molecule is CC.CC/C(C)=C(\SC)C1COC1. The summed E-state index contributed by atoms with van der Waals surface area (Å²) in [6.07, 6.45) is 3.33. The average Bonchev–Trinajstić information content (AvgIpc) is 2.13. The second kappa shape index (κ2) is 7.45. The Kier molecular flexibility index (Phi) is 7.48. The largest absolute Gasteiger partial charge is 0.380 e. The van der Waals surface area contributed by atoms with Gasteiger partial charge >= 0.3 is 0 Å². The molecule has 1 aliphatic rings. The van der Waals surface area contributed by atoms with Gasteiger partial charge in [-0.25, -0.2) is 0 Å². The van der Waals surface area contributed by atoms with Gasteiger partial charge < -0.3 is 4.74 Å². The molecule has 1 nitrogen and oxygen atoms in total. The first-order valence-electron chi connectivity index (χ1n) is 5.11. The van der Waals surface area contributed by atoms with E-state index in [1.807, 2.05) is 25.6 Å². The minimum Gasteiger partial charge on any atom is -0.380 e. The first kappa shape index (κ1) is 13.1. The molecule has 13 heavy (non-hydrogen) atoms. The zero-order valence-electron chi connectivity index (χ0n) is 9.52. The van der Waals surface area contributed by atoms with Gasteiger partial charge in [-0.15, -0.1) is 11.8 Å². The molecule has 0 saturated carbocycles. The first-order chi connectivity index (χ1) is 6.29. The lowest BCUT2D eigenvalue weighted by molar-refractivity contribution is -0.00986. The number of ether oxygens (including phenoxy) is 1. The fourth-order valence-electron chi connectivity index (χ4n) is 1.25. The zero-order chi connectivity index (χ0) is 10.3. The highest BCUT2D eigenvalue weighted by molar-refractivity contribution is 8.02. The van der Waals surface area contributed by atoms with Gasteiger partial charge in [-0.05, 0) is 24.5 Å². The number of rotatable bonds is 3. The number of hydrogen-bond donors (Lipinski definition) is 0. The van der Waals surface area contributed by atoms with Crippen molar-refractivity contribution in [2.75, 3.05) is 19.5 Å². The van der Waals surface area contributed by atoms with Crippen LogP contribution >= 0.6 is 11.8 Å². The minimum atomic E-state index is 0.713. The van der Waals surface area contributed by atoms with Crippen molar-refractivity contribution in [3.05, 3.63) is 10.5 Å². The van der Waals surface area contributed by atoms with Crippen LogP contribution < -0.4 is 0 Å². The maximum absolute atomic E-state index is 5.16. The van der Waals surface area contributed by atoms with E-state index in [1.165, 1.54) is 12.0 Å². The second-order valence-electron chi connectivity index (χ2n) is 2.94. The van der Waals surface area contributed by atoms with E-state index in [4.69, 9.17) is 4.74 Å². The molecule has 0 aliphatic carbocycles. The van der Waals surface area contributed by atoms with E-state index in [0.717, 1.165) is 13.2 Å². The molecule has 0 aromatic rings. The highest BCUT2D eigenvalue weighted by atomic mass is 32.2. The van der Waals surface area contributed by atoms with Gasteiger partial charge in [0.2, 0.25) is 0 Å². The standard InChI is InChI=1S/C9H16OS.C2H6/c1-4-7(2)9(11-3)8-5-10-6-8;1-2/h8H,4-6H2,1-3H3;1-2H3/b9-7-;. The average molecular weight is 202 g/mol. The summed E-state index contributed by atoms with van der Waals surface area (Å²) >= 11 is 1.89. The van der Waals surface area contributed by atoms with Crippen LogP contribution in [0.25, 0.3) is 0 Å². The molecule has 0 aromatic heterocycles. The molecule has 0 N–H and O–H groups in total. The normalized spacial score (nSPS) is 18.2. The summed E-state index contributed by atoms with van der Waals surface area (Å²) in [5, 5.41) is 0. The summed E-state index contributed by atoms with van der Waals surface area (Å²) in [6.45, 7) is 10.3. The molecule has 0 spiro atoms. The van der Waals surface area contributed by atoms with Crippen LogP contribution in [0.2, 0.25) is 0 Å². The number of allylic oxidation sites excluding steroid dienone is 1. The smallest absolute Gasteiger partial charge is 0.0562 e. The third-order valence-corrected chi connectivity index (χ3v) is 3.30. The summed E-state index contributed by atoms with van der Waals surface area (Å²) in [7, 11) is 0. The van der Waals surface area contributed by atoms with Crippen molar-refractivity contribution in [3.63, 3.8) is 0 Å². The highest BCUT2D eigenvalue weighted by Crippen LogP contribution is 2.31. The van der Waals surface area contributed by atoms with E-state index in [-0.39, 0.29) is 0 Å². The Morgan fingerprint density at radius 1 is 1.38 bits per heavy atom.